The molecule has 0 radical (unpaired) electrons. The first-order chi connectivity index (χ1) is 12.0. The molecule has 0 spiro atoms. The Morgan fingerprint density at radius 3 is 2.88 bits per heavy atom. The number of nitrogens with zero attached hydrogens (tertiary/aromatic N) is 3. The van der Waals surface area contributed by atoms with Crippen LogP contribution >= 0.6 is 0 Å². The van der Waals surface area contributed by atoms with Crippen LogP contribution in [-0.2, 0) is 16.6 Å². The minimum absolute atomic E-state index is 0.0488. The summed E-state index contributed by atoms with van der Waals surface area (Å²) in [7, 11) is 1.85. The zero-order valence-corrected chi connectivity index (χ0v) is 14.9. The average Bonchev–Trinajstić information content (AvgIpc) is 2.87. The molecule has 1 aromatic rings. The molecule has 0 unspecified atom stereocenters. The Labute approximate surface area is 148 Å². The molecule has 0 bridgehead atoms. The number of hydrogen-bond acceptors (Lipinski definition) is 4. The molecule has 2 aliphatic rings. The summed E-state index contributed by atoms with van der Waals surface area (Å²) < 4.78 is 1.72. The van der Waals surface area contributed by atoms with Crippen molar-refractivity contribution in [3.05, 3.63) is 18.0 Å². The van der Waals surface area contributed by atoms with Crippen LogP contribution in [0.5, 0.6) is 0 Å². The van der Waals surface area contributed by atoms with Gasteiger partial charge in [0.1, 0.15) is 0 Å². The fourth-order valence-electron chi connectivity index (χ4n) is 3.73. The molecular weight excluding hydrogens is 320 g/mol. The Bertz CT molecular complexity index is 609. The second-order valence-electron chi connectivity index (χ2n) is 7.32. The number of amides is 2. The largest absolute Gasteiger partial charge is 0.393 e. The van der Waals surface area contributed by atoms with Crippen LogP contribution in [0.25, 0.3) is 0 Å². The molecule has 2 heterocycles. The SMILES string of the molecule is Cn1cc([C@H](NC(=O)CCN2CCCCCC2=O)C2CC(O)C2)cn1. The standard InChI is InChI=1S/C18H28N4O3/c1-21-12-14(11-19-21)18(13-9-15(23)10-13)20-16(24)6-8-22-7-4-2-3-5-17(22)25/h11-13,15,18,23H,2-10H2,1H3,(H,20,24)/t13?,15?,18-/m1/s1. The Balaban J connectivity index is 1.55. The summed E-state index contributed by atoms with van der Waals surface area (Å²) in [5.74, 6) is 0.353. The number of aliphatic hydroxyl groups is 1. The van der Waals surface area contributed by atoms with Gasteiger partial charge in [0.15, 0.2) is 0 Å². The van der Waals surface area contributed by atoms with Gasteiger partial charge < -0.3 is 15.3 Å². The van der Waals surface area contributed by atoms with Gasteiger partial charge in [0.25, 0.3) is 0 Å². The Kier molecular flexibility index (Phi) is 5.73. The quantitative estimate of drug-likeness (QED) is 0.807. The van der Waals surface area contributed by atoms with E-state index >= 15 is 0 Å². The van der Waals surface area contributed by atoms with E-state index in [1.165, 1.54) is 0 Å². The number of aliphatic hydroxyl groups excluding tert-OH is 1. The maximum absolute atomic E-state index is 12.5. The molecule has 25 heavy (non-hydrogen) atoms. The van der Waals surface area contributed by atoms with Gasteiger partial charge >= 0.3 is 0 Å². The van der Waals surface area contributed by atoms with Gasteiger partial charge in [-0.15, -0.1) is 0 Å². The van der Waals surface area contributed by atoms with Crippen molar-refractivity contribution in [2.75, 3.05) is 13.1 Å². The van der Waals surface area contributed by atoms with Gasteiger partial charge in [0.05, 0.1) is 18.3 Å². The Morgan fingerprint density at radius 1 is 1.40 bits per heavy atom. The number of carbonyl (C=O) groups excluding carboxylic acids is 2. The van der Waals surface area contributed by atoms with Gasteiger partial charge in [-0.25, -0.2) is 0 Å². The summed E-state index contributed by atoms with van der Waals surface area (Å²) in [5, 5.41) is 16.9. The van der Waals surface area contributed by atoms with E-state index in [4.69, 9.17) is 0 Å². The lowest BCUT2D eigenvalue weighted by molar-refractivity contribution is -0.131. The number of carbonyl (C=O) groups is 2. The minimum atomic E-state index is -0.268. The molecule has 2 fully saturated rings. The smallest absolute Gasteiger partial charge is 0.222 e. The molecule has 1 aliphatic heterocycles. The van der Waals surface area contributed by atoms with Crippen LogP contribution in [0.15, 0.2) is 12.4 Å². The predicted octanol–water partition coefficient (Wildman–Crippen LogP) is 1.14. The molecule has 1 saturated carbocycles. The highest BCUT2D eigenvalue weighted by Gasteiger charge is 2.36. The number of aromatic nitrogens is 2. The molecule has 138 valence electrons. The van der Waals surface area contributed by atoms with Crippen molar-refractivity contribution in [2.24, 2.45) is 13.0 Å². The first-order valence-electron chi connectivity index (χ1n) is 9.26. The lowest BCUT2D eigenvalue weighted by atomic mass is 9.75. The zero-order chi connectivity index (χ0) is 17.8. The van der Waals surface area contributed by atoms with Crippen LogP contribution in [-0.4, -0.2) is 50.8 Å². The molecule has 1 atom stereocenters. The van der Waals surface area contributed by atoms with Crippen LogP contribution in [0.3, 0.4) is 0 Å². The van der Waals surface area contributed by atoms with Gasteiger partial charge in [-0.2, -0.15) is 5.10 Å². The van der Waals surface area contributed by atoms with Gasteiger partial charge in [-0.05, 0) is 31.6 Å². The van der Waals surface area contributed by atoms with E-state index < -0.39 is 0 Å². The molecule has 2 N–H and O–H groups in total. The molecule has 3 rings (SSSR count). The van der Waals surface area contributed by atoms with Crippen molar-refractivity contribution in [3.8, 4) is 0 Å². The number of rotatable bonds is 6. The van der Waals surface area contributed by atoms with Gasteiger partial charge in [-0.3, -0.25) is 14.3 Å². The summed E-state index contributed by atoms with van der Waals surface area (Å²) in [5.41, 5.74) is 0.971. The lowest BCUT2D eigenvalue weighted by Crippen LogP contribution is -2.42. The van der Waals surface area contributed by atoms with Crippen molar-refractivity contribution in [3.63, 3.8) is 0 Å². The minimum Gasteiger partial charge on any atom is -0.393 e. The van der Waals surface area contributed by atoms with E-state index in [1.807, 2.05) is 18.1 Å². The summed E-state index contributed by atoms with van der Waals surface area (Å²) in [4.78, 5) is 26.3. The normalized spacial score (nSPS) is 25.2. The van der Waals surface area contributed by atoms with Crippen LogP contribution in [0.4, 0.5) is 0 Å². The van der Waals surface area contributed by atoms with E-state index in [1.54, 1.807) is 10.9 Å². The molecule has 2 amide bonds. The van der Waals surface area contributed by atoms with Gasteiger partial charge in [0, 0.05) is 44.7 Å². The van der Waals surface area contributed by atoms with Crippen molar-refractivity contribution < 1.29 is 14.7 Å². The Morgan fingerprint density at radius 2 is 2.20 bits per heavy atom. The number of likely N-dealkylation sites (tertiary alicyclic amines) is 1. The third kappa shape index (κ3) is 4.60. The monoisotopic (exact) mass is 348 g/mol. The number of hydrogen-bond donors (Lipinski definition) is 2. The first-order valence-corrected chi connectivity index (χ1v) is 9.26. The second kappa shape index (κ2) is 7.99. The van der Waals surface area contributed by atoms with E-state index in [2.05, 4.69) is 10.4 Å². The molecule has 0 aromatic carbocycles. The molecule has 7 nitrogen and oxygen atoms in total. The third-order valence-corrected chi connectivity index (χ3v) is 5.30. The summed E-state index contributed by atoms with van der Waals surface area (Å²) in [6.07, 6.45) is 8.78. The fourth-order valence-corrected chi connectivity index (χ4v) is 3.73. The predicted molar refractivity (Wildman–Crippen MR) is 92.5 cm³/mol. The Hall–Kier alpha value is -1.89. The average molecular weight is 348 g/mol. The third-order valence-electron chi connectivity index (χ3n) is 5.30. The zero-order valence-electron chi connectivity index (χ0n) is 14.9. The highest BCUT2D eigenvalue weighted by atomic mass is 16.3. The van der Waals surface area contributed by atoms with Gasteiger partial charge in [-0.1, -0.05) is 6.42 Å². The highest BCUT2D eigenvalue weighted by Crippen LogP contribution is 2.38. The van der Waals surface area contributed by atoms with Crippen LogP contribution in [0.1, 0.15) is 56.6 Å². The molecular formula is C18H28N4O3. The van der Waals surface area contributed by atoms with E-state index in [0.29, 0.717) is 32.2 Å². The van der Waals surface area contributed by atoms with Crippen molar-refractivity contribution in [1.29, 1.82) is 0 Å². The number of nitrogens with one attached hydrogen (secondary N) is 1. The topological polar surface area (TPSA) is 87.5 Å². The highest BCUT2D eigenvalue weighted by molar-refractivity contribution is 5.79. The van der Waals surface area contributed by atoms with E-state index in [9.17, 15) is 14.7 Å². The van der Waals surface area contributed by atoms with Crippen LogP contribution in [0.2, 0.25) is 0 Å². The maximum Gasteiger partial charge on any atom is 0.222 e. The lowest BCUT2D eigenvalue weighted by Gasteiger charge is -2.37. The maximum atomic E-state index is 12.5. The molecule has 1 saturated heterocycles. The molecule has 1 aromatic heterocycles. The first kappa shape index (κ1) is 17.9. The summed E-state index contributed by atoms with van der Waals surface area (Å²) in [6, 6.07) is -0.121. The van der Waals surface area contributed by atoms with Crippen LogP contribution < -0.4 is 5.32 Å². The van der Waals surface area contributed by atoms with Crippen molar-refractivity contribution in [2.45, 2.75) is 57.1 Å². The van der Waals surface area contributed by atoms with Gasteiger partial charge in [0.2, 0.25) is 11.8 Å². The summed E-state index contributed by atoms with van der Waals surface area (Å²) >= 11 is 0. The van der Waals surface area contributed by atoms with E-state index in [0.717, 1.165) is 31.4 Å². The van der Waals surface area contributed by atoms with E-state index in [-0.39, 0.29) is 29.9 Å². The summed E-state index contributed by atoms with van der Waals surface area (Å²) in [6.45, 7) is 1.24. The van der Waals surface area contributed by atoms with Crippen LogP contribution in [0, 0.1) is 5.92 Å². The molecule has 7 heteroatoms. The van der Waals surface area contributed by atoms with Crippen molar-refractivity contribution >= 4 is 11.8 Å². The second-order valence-corrected chi connectivity index (χ2v) is 7.32. The van der Waals surface area contributed by atoms with Crippen molar-refractivity contribution in [1.82, 2.24) is 20.0 Å². The fraction of sp³-hybridized carbons (Fsp3) is 0.722. The number of aryl methyl sites for hydroxylation is 1. The molecule has 1 aliphatic carbocycles.